The first kappa shape index (κ1) is 29.4. The number of H-pyrrole nitrogens is 1. The fourth-order valence-corrected chi connectivity index (χ4v) is 7.59. The van der Waals surface area contributed by atoms with E-state index in [-0.39, 0.29) is 23.5 Å². The Hall–Kier alpha value is -4.02. The molecule has 238 valence electrons. The molecule has 46 heavy (non-hydrogen) atoms. The van der Waals surface area contributed by atoms with Crippen LogP contribution in [0.15, 0.2) is 59.7 Å². The lowest BCUT2D eigenvalue weighted by molar-refractivity contribution is -0.0767. The number of rotatable bonds is 6. The highest BCUT2D eigenvalue weighted by atomic mass is 31.2. The number of fused-ring (bicyclic) bond motifs is 3. The Balaban J connectivity index is 1.23. The first-order valence-corrected chi connectivity index (χ1v) is 16.0. The third-order valence-corrected chi connectivity index (χ3v) is 9.58. The average Bonchev–Trinajstić information content (AvgIpc) is 3.63. The number of aromatic nitrogens is 4. The Kier molecular flexibility index (Phi) is 6.71. The summed E-state index contributed by atoms with van der Waals surface area (Å²) in [5.74, 6) is -0.0803. The van der Waals surface area contributed by atoms with Crippen molar-refractivity contribution >= 4 is 57.3 Å². The lowest BCUT2D eigenvalue weighted by atomic mass is 9.77. The van der Waals surface area contributed by atoms with Crippen molar-refractivity contribution in [3.63, 3.8) is 0 Å². The number of imidazole rings is 1. The highest BCUT2D eigenvalue weighted by molar-refractivity contribution is 7.46. The normalized spacial score (nSPS) is 26.9. The van der Waals surface area contributed by atoms with E-state index in [1.807, 2.05) is 42.5 Å². The fraction of sp³-hybridized carbons (Fsp3) is 0.300. The zero-order valence-corrected chi connectivity index (χ0v) is 24.7. The van der Waals surface area contributed by atoms with Crippen LogP contribution in [-0.2, 0) is 13.8 Å². The molecule has 0 bridgehead atoms. The monoisotopic (exact) mass is 649 g/mol. The zero-order chi connectivity index (χ0) is 32.1. The Morgan fingerprint density at radius 2 is 1.78 bits per heavy atom. The van der Waals surface area contributed by atoms with Crippen molar-refractivity contribution in [1.82, 2.24) is 19.5 Å². The van der Waals surface area contributed by atoms with Crippen LogP contribution in [0, 0.1) is 0 Å². The molecule has 0 spiro atoms. The molecule has 1 aliphatic carbocycles. The van der Waals surface area contributed by atoms with Crippen LogP contribution >= 0.6 is 7.82 Å². The number of benzene rings is 4. The van der Waals surface area contributed by atoms with Gasteiger partial charge in [-0.15, -0.1) is 0 Å². The van der Waals surface area contributed by atoms with Crippen LogP contribution in [0.3, 0.4) is 0 Å². The Bertz CT molecular complexity index is 2240. The minimum absolute atomic E-state index is 0.0475. The van der Waals surface area contributed by atoms with Crippen molar-refractivity contribution in [3.05, 3.63) is 76.3 Å². The number of phosphoric ester groups is 1. The second kappa shape index (κ2) is 10.5. The number of nitrogens with one attached hydrogen (secondary N) is 2. The molecule has 7 atom stereocenters. The summed E-state index contributed by atoms with van der Waals surface area (Å²) in [6.07, 6.45) is -6.42. The largest absolute Gasteiger partial charge is 0.469 e. The number of nitrogens with zero attached hydrogens (tertiary/aromatic N) is 3. The molecule has 1 aliphatic heterocycles. The van der Waals surface area contributed by atoms with E-state index in [0.717, 1.165) is 32.3 Å². The van der Waals surface area contributed by atoms with Gasteiger partial charge in [0.15, 0.2) is 11.2 Å². The van der Waals surface area contributed by atoms with Crippen LogP contribution < -0.4 is 10.9 Å². The Morgan fingerprint density at radius 3 is 2.52 bits per heavy atom. The molecule has 2 aliphatic rings. The van der Waals surface area contributed by atoms with E-state index in [1.165, 1.54) is 10.9 Å². The van der Waals surface area contributed by atoms with E-state index in [9.17, 15) is 39.6 Å². The van der Waals surface area contributed by atoms with E-state index in [2.05, 4.69) is 20.3 Å². The van der Waals surface area contributed by atoms with Crippen LogP contribution in [0.1, 0.15) is 35.9 Å². The van der Waals surface area contributed by atoms with E-state index in [1.54, 1.807) is 6.07 Å². The maximum atomic E-state index is 13.2. The zero-order valence-electron chi connectivity index (χ0n) is 23.8. The SMILES string of the molecule is O=c1[nH]c(N[C@H]2c3c(cc4ccc5cccc6ccc3c4c56)[C@@H](O)[C@H](O)[C@H]2O)nc2c1ncn2[C@H]1C[C@H](OP(=O)(O)O)[C@@H](CO)O1. The van der Waals surface area contributed by atoms with E-state index in [4.69, 9.17) is 9.26 Å². The summed E-state index contributed by atoms with van der Waals surface area (Å²) in [5.41, 5.74) is 0.311. The van der Waals surface area contributed by atoms with Crippen molar-refractivity contribution in [2.45, 2.75) is 49.2 Å². The van der Waals surface area contributed by atoms with Crippen LogP contribution in [0.2, 0.25) is 0 Å². The van der Waals surface area contributed by atoms with Crippen LogP contribution in [0.4, 0.5) is 5.95 Å². The van der Waals surface area contributed by atoms with Crippen molar-refractivity contribution in [2.24, 2.45) is 0 Å². The van der Waals surface area contributed by atoms with Gasteiger partial charge in [-0.05, 0) is 49.5 Å². The van der Waals surface area contributed by atoms with Crippen LogP contribution in [-0.4, -0.2) is 80.8 Å². The molecule has 8 rings (SSSR count). The third-order valence-electron chi connectivity index (χ3n) is 9.03. The number of aromatic amines is 1. The van der Waals surface area contributed by atoms with Gasteiger partial charge in [0.2, 0.25) is 5.95 Å². The molecule has 1 fully saturated rings. The average molecular weight is 650 g/mol. The van der Waals surface area contributed by atoms with Crippen molar-refractivity contribution in [3.8, 4) is 0 Å². The molecule has 16 heteroatoms. The highest BCUT2D eigenvalue weighted by Gasteiger charge is 2.43. The van der Waals surface area contributed by atoms with Crippen molar-refractivity contribution in [2.75, 3.05) is 11.9 Å². The molecule has 0 radical (unpaired) electrons. The van der Waals surface area contributed by atoms with Crippen molar-refractivity contribution < 1.29 is 44.0 Å². The molecular formula is C30H28N5O10P. The Morgan fingerprint density at radius 1 is 1.04 bits per heavy atom. The number of aliphatic hydroxyl groups is 4. The van der Waals surface area contributed by atoms with Crippen LogP contribution in [0.5, 0.6) is 0 Å². The van der Waals surface area contributed by atoms with Gasteiger partial charge in [-0.1, -0.05) is 42.5 Å². The van der Waals surface area contributed by atoms with Gasteiger partial charge in [-0.3, -0.25) is 18.9 Å². The molecule has 0 amide bonds. The summed E-state index contributed by atoms with van der Waals surface area (Å²) in [5, 5.41) is 51.7. The number of hydrogen-bond donors (Lipinski definition) is 8. The fourth-order valence-electron chi connectivity index (χ4n) is 7.02. The summed E-state index contributed by atoms with van der Waals surface area (Å²) >= 11 is 0. The van der Waals surface area contributed by atoms with Gasteiger partial charge in [0.25, 0.3) is 5.56 Å². The van der Waals surface area contributed by atoms with Gasteiger partial charge in [0.1, 0.15) is 36.7 Å². The number of ether oxygens (including phenoxy) is 1. The minimum Gasteiger partial charge on any atom is -0.394 e. The lowest BCUT2D eigenvalue weighted by Crippen LogP contribution is -2.44. The van der Waals surface area contributed by atoms with E-state index < -0.39 is 62.8 Å². The van der Waals surface area contributed by atoms with Crippen LogP contribution in [0.25, 0.3) is 43.5 Å². The molecular weight excluding hydrogens is 621 g/mol. The van der Waals surface area contributed by atoms with Crippen molar-refractivity contribution in [1.29, 1.82) is 0 Å². The molecule has 0 saturated carbocycles. The molecule has 4 aromatic carbocycles. The Labute approximate surface area is 258 Å². The third kappa shape index (κ3) is 4.52. The smallest absolute Gasteiger partial charge is 0.394 e. The van der Waals surface area contributed by atoms with E-state index in [0.29, 0.717) is 11.1 Å². The summed E-state index contributed by atoms with van der Waals surface area (Å²) in [7, 11) is -4.89. The van der Waals surface area contributed by atoms with Gasteiger partial charge in [0.05, 0.1) is 19.0 Å². The number of aliphatic hydroxyl groups excluding tert-OH is 4. The van der Waals surface area contributed by atoms with Gasteiger partial charge in [-0.25, -0.2) is 9.55 Å². The lowest BCUT2D eigenvalue weighted by Gasteiger charge is -2.38. The molecule has 6 aromatic rings. The van der Waals surface area contributed by atoms with Gasteiger partial charge >= 0.3 is 7.82 Å². The number of phosphoric acid groups is 1. The summed E-state index contributed by atoms with van der Waals surface area (Å²) < 4.78 is 23.4. The van der Waals surface area contributed by atoms with E-state index >= 15 is 0 Å². The molecule has 8 N–H and O–H groups in total. The standard InChI is InChI=1S/C30H28N5O10P/c36-10-18-17(45-46(41,42)43)9-19(44-18)35-11-31-24-28(35)33-30(34-29(24)40)32-23-22-15-7-6-13-3-1-2-12-4-5-14(21(15)20(12)13)8-16(22)25(37)27(39)26(23)38/h1-8,11,17-19,23,25-27,36-39H,9-10H2,(H2,41,42,43)(H2,32,33,34,40)/t17-,18+,19+,23-,25+,26-,27-/m0/s1. The quantitative estimate of drug-likeness (QED) is 0.0949. The highest BCUT2D eigenvalue weighted by Crippen LogP contribution is 2.47. The number of hydrogen-bond acceptors (Lipinski definition) is 11. The first-order chi connectivity index (χ1) is 22.0. The topological polar surface area (TPSA) is 233 Å². The molecule has 15 nitrogen and oxygen atoms in total. The molecule has 1 saturated heterocycles. The summed E-state index contributed by atoms with van der Waals surface area (Å²) in [4.78, 5) is 43.0. The van der Waals surface area contributed by atoms with Gasteiger partial charge in [-0.2, -0.15) is 4.98 Å². The van der Waals surface area contributed by atoms with Gasteiger partial charge < -0.3 is 40.3 Å². The summed E-state index contributed by atoms with van der Waals surface area (Å²) in [6, 6.07) is 14.6. The summed E-state index contributed by atoms with van der Waals surface area (Å²) in [6.45, 7) is -0.579. The first-order valence-electron chi connectivity index (χ1n) is 14.5. The molecule has 0 unspecified atom stereocenters. The molecule has 3 heterocycles. The maximum absolute atomic E-state index is 13.2. The second-order valence-electron chi connectivity index (χ2n) is 11.7. The predicted molar refractivity (Wildman–Crippen MR) is 164 cm³/mol. The van der Waals surface area contributed by atoms with Gasteiger partial charge in [0, 0.05) is 6.42 Å². The predicted octanol–water partition coefficient (Wildman–Crippen LogP) is 1.70. The maximum Gasteiger partial charge on any atom is 0.469 e. The number of anilines is 1. The molecule has 2 aromatic heterocycles. The minimum atomic E-state index is -4.89. The second-order valence-corrected chi connectivity index (χ2v) is 12.9.